The molecule has 0 aromatic carbocycles. The van der Waals surface area contributed by atoms with Crippen LogP contribution in [0.1, 0.15) is 16.1 Å². The third-order valence-corrected chi connectivity index (χ3v) is 2.05. The highest BCUT2D eigenvalue weighted by Gasteiger charge is 2.04. The summed E-state index contributed by atoms with van der Waals surface area (Å²) in [4.78, 5) is 18.3. The number of carbonyl (C=O) groups is 1. The Bertz CT molecular complexity index is 422. The van der Waals surface area contributed by atoms with E-state index in [0.717, 1.165) is 5.56 Å². The van der Waals surface area contributed by atoms with E-state index in [9.17, 15) is 4.79 Å². The fraction of sp³-hybridized carbons (Fsp3) is 0.0909. The second-order valence-electron chi connectivity index (χ2n) is 3.12. The lowest BCUT2D eigenvalue weighted by Gasteiger charge is -2.02. The van der Waals surface area contributed by atoms with Crippen molar-refractivity contribution in [2.45, 2.75) is 6.54 Å². The molecule has 2 rings (SSSR count). The van der Waals surface area contributed by atoms with Crippen LogP contribution in [0.25, 0.3) is 0 Å². The number of carbonyl (C=O) groups excluding carboxylic acids is 1. The van der Waals surface area contributed by atoms with Gasteiger partial charge in [-0.25, -0.2) is 0 Å². The maximum atomic E-state index is 11.5. The standard InChI is InChI=1S/C11H11N3O/c15-11(10-2-1-5-13-10)14-8-9-3-6-12-7-4-9/h1-7,13H,8H2,(H,14,15). The fourth-order valence-electron chi connectivity index (χ4n) is 1.25. The summed E-state index contributed by atoms with van der Waals surface area (Å²) in [6.07, 6.45) is 5.13. The first-order chi connectivity index (χ1) is 7.36. The number of hydrogen-bond acceptors (Lipinski definition) is 2. The lowest BCUT2D eigenvalue weighted by molar-refractivity contribution is 0.0946. The van der Waals surface area contributed by atoms with Crippen molar-refractivity contribution in [3.05, 3.63) is 54.1 Å². The normalized spacial score (nSPS) is 9.87. The summed E-state index contributed by atoms with van der Waals surface area (Å²) in [6.45, 7) is 0.514. The molecular formula is C11H11N3O. The van der Waals surface area contributed by atoms with Gasteiger partial charge in [-0.3, -0.25) is 9.78 Å². The molecule has 1 amide bonds. The number of hydrogen-bond donors (Lipinski definition) is 2. The molecule has 0 atom stereocenters. The first-order valence-electron chi connectivity index (χ1n) is 4.67. The average Bonchev–Trinajstić information content (AvgIpc) is 2.81. The van der Waals surface area contributed by atoms with Crippen LogP contribution in [0.4, 0.5) is 0 Å². The summed E-state index contributed by atoms with van der Waals surface area (Å²) in [6, 6.07) is 7.27. The zero-order valence-corrected chi connectivity index (χ0v) is 8.10. The Balaban J connectivity index is 1.92. The smallest absolute Gasteiger partial charge is 0.267 e. The molecule has 2 N–H and O–H groups in total. The quantitative estimate of drug-likeness (QED) is 0.787. The lowest BCUT2D eigenvalue weighted by Crippen LogP contribution is -2.22. The van der Waals surface area contributed by atoms with Crippen LogP contribution in [-0.4, -0.2) is 15.9 Å². The van der Waals surface area contributed by atoms with E-state index >= 15 is 0 Å². The van der Waals surface area contributed by atoms with Crippen LogP contribution < -0.4 is 5.32 Å². The molecular weight excluding hydrogens is 190 g/mol. The van der Waals surface area contributed by atoms with Crippen molar-refractivity contribution in [3.63, 3.8) is 0 Å². The molecule has 0 saturated carbocycles. The van der Waals surface area contributed by atoms with Crippen molar-refractivity contribution in [1.82, 2.24) is 15.3 Å². The van der Waals surface area contributed by atoms with E-state index in [1.807, 2.05) is 12.1 Å². The molecule has 0 radical (unpaired) electrons. The topological polar surface area (TPSA) is 57.8 Å². The molecule has 0 unspecified atom stereocenters. The molecule has 4 nitrogen and oxygen atoms in total. The van der Waals surface area contributed by atoms with Crippen LogP contribution in [-0.2, 0) is 6.54 Å². The number of pyridine rings is 1. The minimum atomic E-state index is -0.100. The van der Waals surface area contributed by atoms with Crippen molar-refractivity contribution in [2.75, 3.05) is 0 Å². The Morgan fingerprint density at radius 2 is 2.13 bits per heavy atom. The summed E-state index contributed by atoms with van der Waals surface area (Å²) in [5.41, 5.74) is 1.61. The first kappa shape index (κ1) is 9.45. The predicted molar refractivity (Wildman–Crippen MR) is 56.2 cm³/mol. The van der Waals surface area contributed by atoms with Gasteiger partial charge in [0, 0.05) is 25.1 Å². The van der Waals surface area contributed by atoms with E-state index in [1.54, 1.807) is 30.7 Å². The van der Waals surface area contributed by atoms with Crippen LogP contribution in [0.15, 0.2) is 42.9 Å². The summed E-state index contributed by atoms with van der Waals surface area (Å²) in [7, 11) is 0. The third-order valence-electron chi connectivity index (χ3n) is 2.05. The Morgan fingerprint density at radius 3 is 2.80 bits per heavy atom. The van der Waals surface area contributed by atoms with Gasteiger partial charge in [-0.2, -0.15) is 0 Å². The molecule has 0 aliphatic rings. The number of nitrogens with zero attached hydrogens (tertiary/aromatic N) is 1. The van der Waals surface area contributed by atoms with Crippen LogP contribution >= 0.6 is 0 Å². The second-order valence-corrected chi connectivity index (χ2v) is 3.12. The van der Waals surface area contributed by atoms with E-state index < -0.39 is 0 Å². The maximum absolute atomic E-state index is 11.5. The molecule has 0 aliphatic heterocycles. The van der Waals surface area contributed by atoms with Gasteiger partial charge in [0.05, 0.1) is 0 Å². The van der Waals surface area contributed by atoms with Crippen molar-refractivity contribution in [2.24, 2.45) is 0 Å². The highest BCUT2D eigenvalue weighted by atomic mass is 16.1. The summed E-state index contributed by atoms with van der Waals surface area (Å²) in [5, 5.41) is 2.80. The van der Waals surface area contributed by atoms with E-state index in [1.165, 1.54) is 0 Å². The number of aromatic nitrogens is 2. The largest absolute Gasteiger partial charge is 0.357 e. The van der Waals surface area contributed by atoms with E-state index in [4.69, 9.17) is 0 Å². The third kappa shape index (κ3) is 2.43. The van der Waals surface area contributed by atoms with Crippen LogP contribution in [0.2, 0.25) is 0 Å². The van der Waals surface area contributed by atoms with Crippen LogP contribution in [0.3, 0.4) is 0 Å². The van der Waals surface area contributed by atoms with Gasteiger partial charge in [0.1, 0.15) is 5.69 Å². The van der Waals surface area contributed by atoms with Crippen molar-refractivity contribution in [3.8, 4) is 0 Å². The summed E-state index contributed by atoms with van der Waals surface area (Å²) in [5.74, 6) is -0.100. The zero-order valence-electron chi connectivity index (χ0n) is 8.10. The van der Waals surface area contributed by atoms with Crippen molar-refractivity contribution < 1.29 is 4.79 Å². The van der Waals surface area contributed by atoms with Crippen molar-refractivity contribution >= 4 is 5.91 Å². The lowest BCUT2D eigenvalue weighted by atomic mass is 10.2. The molecule has 4 heteroatoms. The van der Waals surface area contributed by atoms with Gasteiger partial charge in [-0.05, 0) is 29.8 Å². The molecule has 2 aromatic heterocycles. The molecule has 0 aliphatic carbocycles. The number of amides is 1. The Kier molecular flexibility index (Phi) is 2.78. The SMILES string of the molecule is O=C(NCc1ccncc1)c1ccc[nH]1. The molecule has 2 aromatic rings. The average molecular weight is 201 g/mol. The Hall–Kier alpha value is -2.10. The van der Waals surface area contributed by atoms with Crippen LogP contribution in [0, 0.1) is 0 Å². The van der Waals surface area contributed by atoms with Gasteiger partial charge < -0.3 is 10.3 Å². The van der Waals surface area contributed by atoms with Crippen molar-refractivity contribution in [1.29, 1.82) is 0 Å². The molecule has 0 saturated heterocycles. The van der Waals surface area contributed by atoms with Gasteiger partial charge >= 0.3 is 0 Å². The summed E-state index contributed by atoms with van der Waals surface area (Å²) < 4.78 is 0. The second kappa shape index (κ2) is 4.41. The Labute approximate surface area is 87.4 Å². The molecule has 0 bridgehead atoms. The minimum absolute atomic E-state index is 0.100. The van der Waals surface area contributed by atoms with Gasteiger partial charge in [-0.15, -0.1) is 0 Å². The van der Waals surface area contributed by atoms with Gasteiger partial charge in [0.25, 0.3) is 5.91 Å². The molecule has 2 heterocycles. The molecule has 76 valence electrons. The first-order valence-corrected chi connectivity index (χ1v) is 4.67. The zero-order chi connectivity index (χ0) is 10.5. The molecule has 15 heavy (non-hydrogen) atoms. The Morgan fingerprint density at radius 1 is 1.33 bits per heavy atom. The van der Waals surface area contributed by atoms with E-state index in [2.05, 4.69) is 15.3 Å². The van der Waals surface area contributed by atoms with E-state index in [-0.39, 0.29) is 5.91 Å². The number of aromatic amines is 1. The van der Waals surface area contributed by atoms with E-state index in [0.29, 0.717) is 12.2 Å². The van der Waals surface area contributed by atoms with Crippen LogP contribution in [0.5, 0.6) is 0 Å². The highest BCUT2D eigenvalue weighted by Crippen LogP contribution is 1.97. The predicted octanol–water partition coefficient (Wildman–Crippen LogP) is 1.34. The molecule has 0 fully saturated rings. The fourth-order valence-corrected chi connectivity index (χ4v) is 1.25. The monoisotopic (exact) mass is 201 g/mol. The van der Waals surface area contributed by atoms with Gasteiger partial charge in [-0.1, -0.05) is 0 Å². The minimum Gasteiger partial charge on any atom is -0.357 e. The number of H-pyrrole nitrogens is 1. The number of rotatable bonds is 3. The van der Waals surface area contributed by atoms with Gasteiger partial charge in [0.2, 0.25) is 0 Å². The number of nitrogens with one attached hydrogen (secondary N) is 2. The van der Waals surface area contributed by atoms with Gasteiger partial charge in [0.15, 0.2) is 0 Å². The summed E-state index contributed by atoms with van der Waals surface area (Å²) >= 11 is 0. The molecule has 0 spiro atoms. The maximum Gasteiger partial charge on any atom is 0.267 e. The highest BCUT2D eigenvalue weighted by molar-refractivity contribution is 5.92.